The van der Waals surface area contributed by atoms with Crippen LogP contribution in [-0.4, -0.2) is 66.1 Å². The number of carbonyl (C=O) groups excluding carboxylic acids is 2. The van der Waals surface area contributed by atoms with Crippen molar-refractivity contribution in [2.24, 2.45) is 0 Å². The molecule has 6 nitrogen and oxygen atoms in total. The van der Waals surface area contributed by atoms with Crippen LogP contribution in [0.2, 0.25) is 5.02 Å². The van der Waals surface area contributed by atoms with E-state index in [4.69, 9.17) is 16.7 Å². The van der Waals surface area contributed by atoms with E-state index in [1.165, 1.54) is 18.2 Å². The second-order valence-corrected chi connectivity index (χ2v) is 7.64. The third-order valence-electron chi connectivity index (χ3n) is 5.36. The summed E-state index contributed by atoms with van der Waals surface area (Å²) in [6.07, 6.45) is 0. The van der Waals surface area contributed by atoms with Gasteiger partial charge in [0.1, 0.15) is 11.5 Å². The number of rotatable bonds is 5. The molecule has 0 unspecified atom stereocenters. The fraction of sp³-hybridized carbons (Fsp3) is 0.273. The minimum atomic E-state index is -0.521. The predicted octanol–water partition coefficient (Wildman–Crippen LogP) is 2.37. The Hall–Kier alpha value is -2.74. The molecule has 0 radical (unpaired) electrons. The standard InChI is InChI=1S/C22H21ClFN3O3/c23-16-6-4-15(5-7-16)19-20(26-10-8-25(9-11-26)12-13-28)22(30)27(21(19)29)18-3-1-2-17(24)14-18/h1-7,14,28H,8-13H2. The Morgan fingerprint density at radius 3 is 2.30 bits per heavy atom. The molecule has 0 atom stereocenters. The first-order chi connectivity index (χ1) is 14.5. The largest absolute Gasteiger partial charge is 0.395 e. The SMILES string of the molecule is O=C1C(c2ccc(Cl)cc2)=C(N2CCN(CCO)CC2)C(=O)N1c1cccc(F)c1. The first-order valence-electron chi connectivity index (χ1n) is 9.72. The van der Waals surface area contributed by atoms with Crippen LogP contribution in [-0.2, 0) is 9.59 Å². The highest BCUT2D eigenvalue weighted by molar-refractivity contribution is 6.45. The van der Waals surface area contributed by atoms with Gasteiger partial charge in [-0.05, 0) is 35.9 Å². The molecule has 2 aromatic rings. The van der Waals surface area contributed by atoms with Gasteiger partial charge in [-0.25, -0.2) is 9.29 Å². The molecule has 0 saturated carbocycles. The average Bonchev–Trinajstić information content (AvgIpc) is 3.00. The zero-order valence-electron chi connectivity index (χ0n) is 16.2. The Morgan fingerprint density at radius 1 is 0.967 bits per heavy atom. The lowest BCUT2D eigenvalue weighted by Crippen LogP contribution is -2.48. The number of halogens is 2. The first kappa shape index (κ1) is 20.5. The Bertz CT molecular complexity index is 1000. The van der Waals surface area contributed by atoms with Gasteiger partial charge in [-0.3, -0.25) is 14.5 Å². The van der Waals surface area contributed by atoms with Crippen molar-refractivity contribution in [2.45, 2.75) is 0 Å². The Morgan fingerprint density at radius 2 is 1.67 bits per heavy atom. The highest BCUT2D eigenvalue weighted by Crippen LogP contribution is 2.35. The molecule has 1 N–H and O–H groups in total. The van der Waals surface area contributed by atoms with E-state index in [1.54, 1.807) is 30.3 Å². The molecule has 2 heterocycles. The van der Waals surface area contributed by atoms with Gasteiger partial charge in [0, 0.05) is 37.7 Å². The van der Waals surface area contributed by atoms with Crippen LogP contribution < -0.4 is 4.90 Å². The second kappa shape index (κ2) is 8.55. The number of amides is 2. The van der Waals surface area contributed by atoms with E-state index in [0.717, 1.165) is 4.90 Å². The van der Waals surface area contributed by atoms with Gasteiger partial charge in [-0.1, -0.05) is 29.8 Å². The number of piperazine rings is 1. The zero-order chi connectivity index (χ0) is 21.3. The molecule has 0 spiro atoms. The highest BCUT2D eigenvalue weighted by Gasteiger charge is 2.43. The Kier molecular flexibility index (Phi) is 5.85. The summed E-state index contributed by atoms with van der Waals surface area (Å²) in [5.41, 5.74) is 1.39. The van der Waals surface area contributed by atoms with Crippen LogP contribution in [0.15, 0.2) is 54.2 Å². The molecule has 2 aliphatic rings. The number of aliphatic hydroxyl groups is 1. The molecule has 30 heavy (non-hydrogen) atoms. The first-order valence-corrected chi connectivity index (χ1v) is 10.1. The van der Waals surface area contributed by atoms with E-state index in [1.807, 2.05) is 4.90 Å². The van der Waals surface area contributed by atoms with Gasteiger partial charge in [0.05, 0.1) is 17.9 Å². The smallest absolute Gasteiger partial charge is 0.282 e. The average molecular weight is 430 g/mol. The maximum absolute atomic E-state index is 13.8. The summed E-state index contributed by atoms with van der Waals surface area (Å²) in [5, 5.41) is 9.68. The van der Waals surface area contributed by atoms with Crippen molar-refractivity contribution in [3.8, 4) is 0 Å². The van der Waals surface area contributed by atoms with E-state index in [9.17, 15) is 14.0 Å². The van der Waals surface area contributed by atoms with Crippen molar-refractivity contribution in [3.63, 3.8) is 0 Å². The third-order valence-corrected chi connectivity index (χ3v) is 5.62. The maximum atomic E-state index is 13.8. The predicted molar refractivity (Wildman–Crippen MR) is 112 cm³/mol. The molecule has 0 bridgehead atoms. The minimum Gasteiger partial charge on any atom is -0.395 e. The number of anilines is 1. The molecule has 1 fully saturated rings. The summed E-state index contributed by atoms with van der Waals surface area (Å²) in [4.78, 5) is 31.8. The van der Waals surface area contributed by atoms with Crippen LogP contribution in [0, 0.1) is 5.82 Å². The molecule has 8 heteroatoms. The molecule has 2 aliphatic heterocycles. The van der Waals surface area contributed by atoms with E-state index >= 15 is 0 Å². The normalized spacial score (nSPS) is 18.0. The number of hydrogen-bond acceptors (Lipinski definition) is 5. The molecule has 0 aliphatic carbocycles. The summed E-state index contributed by atoms with van der Waals surface area (Å²) in [7, 11) is 0. The Labute approximate surface area is 178 Å². The van der Waals surface area contributed by atoms with Crippen molar-refractivity contribution in [2.75, 3.05) is 44.2 Å². The van der Waals surface area contributed by atoms with Crippen LogP contribution in [0.4, 0.5) is 10.1 Å². The molecule has 1 saturated heterocycles. The maximum Gasteiger partial charge on any atom is 0.282 e. The zero-order valence-corrected chi connectivity index (χ0v) is 17.0. The number of aliphatic hydroxyl groups excluding tert-OH is 1. The fourth-order valence-corrected chi connectivity index (χ4v) is 4.00. The molecular formula is C22H21ClFN3O3. The summed E-state index contributed by atoms with van der Waals surface area (Å²) < 4.78 is 13.8. The summed E-state index contributed by atoms with van der Waals surface area (Å²) in [6.45, 7) is 3.06. The van der Waals surface area contributed by atoms with Crippen LogP contribution in [0.1, 0.15) is 5.56 Å². The summed E-state index contributed by atoms with van der Waals surface area (Å²) >= 11 is 6.00. The van der Waals surface area contributed by atoms with Crippen LogP contribution in [0.25, 0.3) is 5.57 Å². The van der Waals surface area contributed by atoms with Crippen molar-refractivity contribution >= 4 is 34.7 Å². The molecule has 156 valence electrons. The van der Waals surface area contributed by atoms with Gasteiger partial charge in [0.15, 0.2) is 0 Å². The number of imide groups is 1. The van der Waals surface area contributed by atoms with Crippen LogP contribution in [0.5, 0.6) is 0 Å². The van der Waals surface area contributed by atoms with Gasteiger partial charge in [0.25, 0.3) is 11.8 Å². The van der Waals surface area contributed by atoms with Gasteiger partial charge >= 0.3 is 0 Å². The lowest BCUT2D eigenvalue weighted by Gasteiger charge is -2.36. The summed E-state index contributed by atoms with van der Waals surface area (Å²) in [5.74, 6) is -1.47. The quantitative estimate of drug-likeness (QED) is 0.739. The Balaban J connectivity index is 1.74. The molecule has 4 rings (SSSR count). The van der Waals surface area contributed by atoms with Crippen molar-refractivity contribution in [1.29, 1.82) is 0 Å². The van der Waals surface area contributed by atoms with E-state index < -0.39 is 17.6 Å². The van der Waals surface area contributed by atoms with Crippen molar-refractivity contribution in [3.05, 3.63) is 70.6 Å². The number of benzene rings is 2. The lowest BCUT2D eigenvalue weighted by atomic mass is 10.0. The van der Waals surface area contributed by atoms with Crippen molar-refractivity contribution < 1.29 is 19.1 Å². The van der Waals surface area contributed by atoms with Crippen LogP contribution in [0.3, 0.4) is 0 Å². The minimum absolute atomic E-state index is 0.0729. The van der Waals surface area contributed by atoms with E-state index in [-0.39, 0.29) is 17.9 Å². The fourth-order valence-electron chi connectivity index (χ4n) is 3.87. The number of β-amino-alcohol motifs (C(OH)–C–C–N with tert-alkyl or cyclic N) is 1. The topological polar surface area (TPSA) is 64.1 Å². The van der Waals surface area contributed by atoms with E-state index in [2.05, 4.69) is 4.90 Å². The van der Waals surface area contributed by atoms with Gasteiger partial charge < -0.3 is 10.0 Å². The van der Waals surface area contributed by atoms with Gasteiger partial charge in [-0.2, -0.15) is 0 Å². The molecular weight excluding hydrogens is 409 g/mol. The molecule has 2 amide bonds. The second-order valence-electron chi connectivity index (χ2n) is 7.21. The van der Waals surface area contributed by atoms with Crippen molar-refractivity contribution in [1.82, 2.24) is 9.80 Å². The monoisotopic (exact) mass is 429 g/mol. The number of carbonyl (C=O) groups is 2. The molecule has 2 aromatic carbocycles. The number of hydrogen-bond donors (Lipinski definition) is 1. The highest BCUT2D eigenvalue weighted by atomic mass is 35.5. The van der Waals surface area contributed by atoms with Gasteiger partial charge in [-0.15, -0.1) is 0 Å². The van der Waals surface area contributed by atoms with E-state index in [0.29, 0.717) is 49.0 Å². The summed E-state index contributed by atoms with van der Waals surface area (Å²) in [6, 6.07) is 12.2. The third kappa shape index (κ3) is 3.84. The van der Waals surface area contributed by atoms with Crippen LogP contribution >= 0.6 is 11.6 Å². The van der Waals surface area contributed by atoms with Gasteiger partial charge in [0.2, 0.25) is 0 Å². The molecule has 0 aromatic heterocycles. The lowest BCUT2D eigenvalue weighted by molar-refractivity contribution is -0.120. The number of nitrogens with zero attached hydrogens (tertiary/aromatic N) is 3.